The number of aryl methyl sites for hydroxylation is 1. The highest BCUT2D eigenvalue weighted by Crippen LogP contribution is 2.28. The molecule has 0 aliphatic heterocycles. The van der Waals surface area contributed by atoms with Gasteiger partial charge in [-0.2, -0.15) is 0 Å². The fraction of sp³-hybridized carbons (Fsp3) is 0.310. The lowest BCUT2D eigenvalue weighted by Gasteiger charge is -2.34. The van der Waals surface area contributed by atoms with Crippen molar-refractivity contribution in [1.29, 1.82) is 0 Å². The number of hydrogen-bond acceptors (Lipinski definition) is 4. The van der Waals surface area contributed by atoms with Crippen LogP contribution >= 0.6 is 11.6 Å². The number of nitrogens with one attached hydrogen (secondary N) is 1. The Hall–Kier alpha value is -3.36. The minimum atomic E-state index is -4.10. The molecule has 0 saturated heterocycles. The Kier molecular flexibility index (Phi) is 9.94. The normalized spacial score (nSPS) is 12.2. The first kappa shape index (κ1) is 29.2. The molecule has 1 unspecified atom stereocenters. The van der Waals surface area contributed by atoms with E-state index >= 15 is 0 Å². The summed E-state index contributed by atoms with van der Waals surface area (Å²) in [5.74, 6) is -0.824. The lowest BCUT2D eigenvalue weighted by atomic mass is 10.1. The van der Waals surface area contributed by atoms with Gasteiger partial charge in [0.05, 0.1) is 10.6 Å². The van der Waals surface area contributed by atoms with E-state index in [4.69, 9.17) is 11.6 Å². The van der Waals surface area contributed by atoms with Crippen LogP contribution in [-0.4, -0.2) is 43.8 Å². The van der Waals surface area contributed by atoms with Crippen molar-refractivity contribution in [3.05, 3.63) is 95.0 Å². The van der Waals surface area contributed by atoms with Crippen molar-refractivity contribution in [2.24, 2.45) is 0 Å². The molecule has 38 heavy (non-hydrogen) atoms. The second-order valence-corrected chi connectivity index (χ2v) is 11.6. The Morgan fingerprint density at radius 1 is 0.921 bits per heavy atom. The van der Waals surface area contributed by atoms with Crippen molar-refractivity contribution in [3.8, 4) is 0 Å². The van der Waals surface area contributed by atoms with Crippen molar-refractivity contribution in [2.45, 2.75) is 57.6 Å². The Morgan fingerprint density at radius 2 is 1.53 bits per heavy atom. The molecule has 0 saturated carbocycles. The first-order chi connectivity index (χ1) is 18.1. The molecule has 0 spiro atoms. The summed E-state index contributed by atoms with van der Waals surface area (Å²) in [6.07, 6.45) is 0.338. The third kappa shape index (κ3) is 6.94. The zero-order chi connectivity index (χ0) is 27.9. The topological polar surface area (TPSA) is 86.8 Å². The number of benzene rings is 3. The maximum atomic E-state index is 14.0. The fourth-order valence-corrected chi connectivity index (χ4v) is 5.88. The number of halogens is 1. The molecule has 2 amide bonds. The van der Waals surface area contributed by atoms with Crippen molar-refractivity contribution in [1.82, 2.24) is 10.2 Å². The zero-order valence-corrected chi connectivity index (χ0v) is 23.7. The third-order valence-electron chi connectivity index (χ3n) is 6.11. The van der Waals surface area contributed by atoms with E-state index in [1.54, 1.807) is 73.7 Å². The van der Waals surface area contributed by atoms with Crippen LogP contribution in [-0.2, 0) is 26.2 Å². The summed E-state index contributed by atoms with van der Waals surface area (Å²) in [6.45, 7) is 6.86. The molecular weight excluding hydrogens is 522 g/mol. The summed E-state index contributed by atoms with van der Waals surface area (Å²) in [5, 5.41) is 3.34. The molecule has 3 aromatic carbocycles. The molecule has 3 aromatic rings. The van der Waals surface area contributed by atoms with Gasteiger partial charge >= 0.3 is 0 Å². The molecule has 0 heterocycles. The number of anilines is 1. The number of nitrogens with zero attached hydrogens (tertiary/aromatic N) is 2. The standard InChI is InChI=1S/C29H34ClN3O4S/c1-5-26(29(35)31-21(2)3)32(19-23-14-10-11-17-25(23)30)28(34)20-33(27-18-12-9-13-22(27)4)38(36,37)24-15-7-6-8-16-24/h6-18,21,26H,5,19-20H2,1-4H3,(H,31,35). The summed E-state index contributed by atoms with van der Waals surface area (Å²) in [4.78, 5) is 28.7. The number of sulfonamides is 1. The van der Waals surface area contributed by atoms with Crippen LogP contribution in [0.3, 0.4) is 0 Å². The number of rotatable bonds is 11. The molecule has 9 heteroatoms. The predicted octanol–water partition coefficient (Wildman–Crippen LogP) is 5.18. The highest BCUT2D eigenvalue weighted by atomic mass is 35.5. The summed E-state index contributed by atoms with van der Waals surface area (Å²) >= 11 is 6.42. The van der Waals surface area contributed by atoms with E-state index in [1.807, 2.05) is 20.8 Å². The Labute approximate surface area is 230 Å². The average Bonchev–Trinajstić information content (AvgIpc) is 2.88. The third-order valence-corrected chi connectivity index (χ3v) is 8.25. The van der Waals surface area contributed by atoms with Gasteiger partial charge < -0.3 is 10.2 Å². The van der Waals surface area contributed by atoms with Crippen LogP contribution in [0.4, 0.5) is 5.69 Å². The van der Waals surface area contributed by atoms with Gasteiger partial charge in [0.15, 0.2) is 0 Å². The van der Waals surface area contributed by atoms with E-state index in [0.29, 0.717) is 28.3 Å². The molecule has 1 N–H and O–H groups in total. The molecule has 202 valence electrons. The number of carbonyl (C=O) groups is 2. The van der Waals surface area contributed by atoms with Gasteiger partial charge in [-0.3, -0.25) is 13.9 Å². The SMILES string of the molecule is CCC(C(=O)NC(C)C)N(Cc1ccccc1Cl)C(=O)CN(c1ccccc1C)S(=O)(=O)c1ccccc1. The van der Waals surface area contributed by atoms with E-state index < -0.39 is 28.5 Å². The maximum absolute atomic E-state index is 14.0. The lowest BCUT2D eigenvalue weighted by molar-refractivity contribution is -0.140. The van der Waals surface area contributed by atoms with Crippen LogP contribution in [0.15, 0.2) is 83.8 Å². The van der Waals surface area contributed by atoms with Crippen LogP contribution in [0.2, 0.25) is 5.02 Å². The monoisotopic (exact) mass is 555 g/mol. The first-order valence-corrected chi connectivity index (χ1v) is 14.3. The molecule has 0 aliphatic carbocycles. The molecule has 3 rings (SSSR count). The second-order valence-electron chi connectivity index (χ2n) is 9.31. The van der Waals surface area contributed by atoms with Crippen LogP contribution < -0.4 is 9.62 Å². The summed E-state index contributed by atoms with van der Waals surface area (Å²) in [5.41, 5.74) is 1.75. The predicted molar refractivity (Wildman–Crippen MR) is 152 cm³/mol. The highest BCUT2D eigenvalue weighted by molar-refractivity contribution is 7.92. The molecule has 0 aromatic heterocycles. The van der Waals surface area contributed by atoms with Gasteiger partial charge in [0, 0.05) is 17.6 Å². The van der Waals surface area contributed by atoms with E-state index in [9.17, 15) is 18.0 Å². The Morgan fingerprint density at radius 3 is 2.13 bits per heavy atom. The van der Waals surface area contributed by atoms with Crippen molar-refractivity contribution < 1.29 is 18.0 Å². The smallest absolute Gasteiger partial charge is 0.264 e. The minimum absolute atomic E-state index is 0.0511. The number of carbonyl (C=O) groups excluding carboxylic acids is 2. The molecule has 0 fully saturated rings. The zero-order valence-electron chi connectivity index (χ0n) is 22.1. The Bertz CT molecular complexity index is 1360. The van der Waals surface area contributed by atoms with E-state index in [2.05, 4.69) is 5.32 Å². The summed E-state index contributed by atoms with van der Waals surface area (Å²) in [6, 6.07) is 21.1. The molecule has 0 radical (unpaired) electrons. The van der Waals surface area contributed by atoms with Crippen LogP contribution in [0, 0.1) is 6.92 Å². The number of amides is 2. The molecule has 0 aliphatic rings. The van der Waals surface area contributed by atoms with Gasteiger partial charge in [0.1, 0.15) is 12.6 Å². The van der Waals surface area contributed by atoms with Crippen LogP contribution in [0.5, 0.6) is 0 Å². The first-order valence-electron chi connectivity index (χ1n) is 12.5. The average molecular weight is 556 g/mol. The maximum Gasteiger partial charge on any atom is 0.264 e. The number of hydrogen-bond donors (Lipinski definition) is 1. The minimum Gasteiger partial charge on any atom is -0.352 e. The van der Waals surface area contributed by atoms with Gasteiger partial charge in [-0.25, -0.2) is 8.42 Å². The van der Waals surface area contributed by atoms with E-state index in [1.165, 1.54) is 17.0 Å². The highest BCUT2D eigenvalue weighted by Gasteiger charge is 2.34. The molecular formula is C29H34ClN3O4S. The van der Waals surface area contributed by atoms with Crippen LogP contribution in [0.25, 0.3) is 0 Å². The van der Waals surface area contributed by atoms with Gasteiger partial charge in [0.25, 0.3) is 10.0 Å². The van der Waals surface area contributed by atoms with E-state index in [-0.39, 0.29) is 23.4 Å². The van der Waals surface area contributed by atoms with Gasteiger partial charge in [-0.15, -0.1) is 0 Å². The lowest BCUT2D eigenvalue weighted by Crippen LogP contribution is -2.53. The summed E-state index contributed by atoms with van der Waals surface area (Å²) in [7, 11) is -4.10. The largest absolute Gasteiger partial charge is 0.352 e. The van der Waals surface area contributed by atoms with Gasteiger partial charge in [-0.05, 0) is 62.6 Å². The van der Waals surface area contributed by atoms with E-state index in [0.717, 1.165) is 4.31 Å². The van der Waals surface area contributed by atoms with Gasteiger partial charge in [0.2, 0.25) is 11.8 Å². The molecule has 1 atom stereocenters. The van der Waals surface area contributed by atoms with Crippen molar-refractivity contribution in [3.63, 3.8) is 0 Å². The van der Waals surface area contributed by atoms with Crippen LogP contribution in [0.1, 0.15) is 38.3 Å². The van der Waals surface area contributed by atoms with Gasteiger partial charge in [-0.1, -0.05) is 73.1 Å². The van der Waals surface area contributed by atoms with Crippen molar-refractivity contribution in [2.75, 3.05) is 10.8 Å². The summed E-state index contributed by atoms with van der Waals surface area (Å²) < 4.78 is 28.8. The molecule has 7 nitrogen and oxygen atoms in total. The number of para-hydroxylation sites is 1. The van der Waals surface area contributed by atoms with Crippen molar-refractivity contribution >= 4 is 39.1 Å². The second kappa shape index (κ2) is 12.9. The fourth-order valence-electron chi connectivity index (χ4n) is 4.19. The quantitative estimate of drug-likeness (QED) is 0.353. The Balaban J connectivity index is 2.08. The molecule has 0 bridgehead atoms.